The highest BCUT2D eigenvalue weighted by Gasteiger charge is 2.37. The smallest absolute Gasteiger partial charge is 0.266 e. The maximum Gasteiger partial charge on any atom is 0.266 e. The molecule has 7 rings (SSSR count). The lowest BCUT2D eigenvalue weighted by Gasteiger charge is -2.13. The van der Waals surface area contributed by atoms with Crippen LogP contribution in [-0.2, 0) is 0 Å². The summed E-state index contributed by atoms with van der Waals surface area (Å²) in [6.07, 6.45) is 0. The number of hydrogen-bond acceptors (Lipinski definition) is 5. The summed E-state index contributed by atoms with van der Waals surface area (Å²) in [7, 11) is 1.45. The van der Waals surface area contributed by atoms with Gasteiger partial charge in [0.05, 0.1) is 39.0 Å². The Morgan fingerprint density at radius 1 is 0.615 bits per heavy atom. The fourth-order valence-corrected chi connectivity index (χ4v) is 5.18. The number of imide groups is 2. The average molecular weight is 513 g/mol. The fraction of sp³-hybridized carbons (Fsp3) is 0.0645. The SMILES string of the molecule is Cc1ccc(-c2nc3ccc(N4C(=O)c5ccc(-c6ccc7c(c6)C(=O)N(C)C7=O)cc5C4=O)cc3[nH]2)cc1. The van der Waals surface area contributed by atoms with Crippen molar-refractivity contribution in [2.24, 2.45) is 0 Å². The molecule has 0 unspecified atom stereocenters. The summed E-state index contributed by atoms with van der Waals surface area (Å²) >= 11 is 0. The number of carbonyl (C=O) groups excluding carboxylic acids is 4. The lowest BCUT2D eigenvalue weighted by Crippen LogP contribution is -2.29. The van der Waals surface area contributed by atoms with Crippen molar-refractivity contribution in [2.75, 3.05) is 11.9 Å². The molecule has 4 aromatic carbocycles. The Balaban J connectivity index is 1.23. The molecule has 0 atom stereocenters. The van der Waals surface area contributed by atoms with Crippen molar-refractivity contribution in [1.29, 1.82) is 0 Å². The number of amides is 4. The zero-order valence-electron chi connectivity index (χ0n) is 21.0. The molecule has 2 aliphatic rings. The Morgan fingerprint density at radius 3 is 1.87 bits per heavy atom. The number of hydrogen-bond donors (Lipinski definition) is 1. The molecule has 0 aliphatic carbocycles. The van der Waals surface area contributed by atoms with Gasteiger partial charge in [0.15, 0.2) is 0 Å². The van der Waals surface area contributed by atoms with Crippen LogP contribution in [0.4, 0.5) is 5.69 Å². The van der Waals surface area contributed by atoms with Gasteiger partial charge in [0, 0.05) is 12.6 Å². The van der Waals surface area contributed by atoms with E-state index in [-0.39, 0.29) is 17.4 Å². The van der Waals surface area contributed by atoms with Crippen molar-refractivity contribution in [2.45, 2.75) is 6.92 Å². The maximum atomic E-state index is 13.5. The van der Waals surface area contributed by atoms with Gasteiger partial charge in [0.2, 0.25) is 0 Å². The van der Waals surface area contributed by atoms with Crippen LogP contribution >= 0.6 is 0 Å². The van der Waals surface area contributed by atoms with Crippen molar-refractivity contribution in [3.63, 3.8) is 0 Å². The fourth-order valence-electron chi connectivity index (χ4n) is 5.18. The Morgan fingerprint density at radius 2 is 1.18 bits per heavy atom. The lowest BCUT2D eigenvalue weighted by molar-refractivity contribution is 0.0692. The highest BCUT2D eigenvalue weighted by Crippen LogP contribution is 2.34. The van der Waals surface area contributed by atoms with Gasteiger partial charge in [-0.05, 0) is 60.5 Å². The minimum Gasteiger partial charge on any atom is -0.338 e. The summed E-state index contributed by atoms with van der Waals surface area (Å²) in [5, 5.41) is 0. The Hall–Kier alpha value is -5.37. The van der Waals surface area contributed by atoms with Crippen molar-refractivity contribution < 1.29 is 19.2 Å². The second-order valence-corrected chi connectivity index (χ2v) is 9.79. The normalized spacial score (nSPS) is 14.5. The molecule has 4 amide bonds. The van der Waals surface area contributed by atoms with Crippen LogP contribution in [0.2, 0.25) is 0 Å². The molecule has 0 spiro atoms. The van der Waals surface area contributed by atoms with Crippen LogP contribution in [0, 0.1) is 6.92 Å². The Kier molecular flexibility index (Phi) is 4.71. The van der Waals surface area contributed by atoms with E-state index < -0.39 is 11.8 Å². The number of nitrogens with one attached hydrogen (secondary N) is 1. The highest BCUT2D eigenvalue weighted by atomic mass is 16.2. The summed E-state index contributed by atoms with van der Waals surface area (Å²) in [6, 6.07) is 23.3. The van der Waals surface area contributed by atoms with E-state index in [1.165, 1.54) is 11.9 Å². The van der Waals surface area contributed by atoms with E-state index in [1.54, 1.807) is 54.6 Å². The van der Waals surface area contributed by atoms with Crippen molar-refractivity contribution in [3.05, 3.63) is 107 Å². The van der Waals surface area contributed by atoms with Crippen LogP contribution in [0.15, 0.2) is 78.9 Å². The average Bonchev–Trinajstić information content (AvgIpc) is 3.55. The number of aryl methyl sites for hydroxylation is 1. The summed E-state index contributed by atoms with van der Waals surface area (Å²) in [5.41, 5.74) is 6.57. The number of fused-ring (bicyclic) bond motifs is 3. The number of rotatable bonds is 3. The highest BCUT2D eigenvalue weighted by molar-refractivity contribution is 6.35. The molecule has 1 aromatic heterocycles. The van der Waals surface area contributed by atoms with Crippen molar-refractivity contribution >= 4 is 40.3 Å². The predicted molar refractivity (Wildman–Crippen MR) is 146 cm³/mol. The van der Waals surface area contributed by atoms with Crippen LogP contribution in [0.25, 0.3) is 33.5 Å². The third-order valence-electron chi connectivity index (χ3n) is 7.36. The van der Waals surface area contributed by atoms with Gasteiger partial charge in [-0.25, -0.2) is 9.88 Å². The standard InChI is InChI=1S/C31H20N4O4/c1-16-3-5-17(6-4-16)27-32-25-12-9-20(15-26(25)33-27)35-30(38)22-11-8-19(14-24(22)31(35)39)18-7-10-21-23(13-18)29(37)34(2)28(21)36/h3-15H,1-2H3,(H,32,33). The molecule has 0 radical (unpaired) electrons. The molecule has 0 saturated heterocycles. The monoisotopic (exact) mass is 512 g/mol. The van der Waals surface area contributed by atoms with Gasteiger partial charge in [-0.1, -0.05) is 42.0 Å². The number of aromatic nitrogens is 2. The van der Waals surface area contributed by atoms with Gasteiger partial charge in [-0.15, -0.1) is 0 Å². The molecule has 0 fully saturated rings. The number of nitrogens with zero attached hydrogens (tertiary/aromatic N) is 3. The van der Waals surface area contributed by atoms with E-state index in [0.717, 1.165) is 21.5 Å². The lowest BCUT2D eigenvalue weighted by atomic mass is 9.97. The molecule has 39 heavy (non-hydrogen) atoms. The molecule has 8 nitrogen and oxygen atoms in total. The van der Waals surface area contributed by atoms with Crippen molar-refractivity contribution in [3.8, 4) is 22.5 Å². The largest absolute Gasteiger partial charge is 0.338 e. The van der Waals surface area contributed by atoms with Gasteiger partial charge in [-0.2, -0.15) is 0 Å². The quantitative estimate of drug-likeness (QED) is 0.334. The maximum absolute atomic E-state index is 13.5. The zero-order valence-corrected chi connectivity index (χ0v) is 21.0. The number of H-pyrrole nitrogens is 1. The minimum absolute atomic E-state index is 0.280. The van der Waals surface area contributed by atoms with Gasteiger partial charge < -0.3 is 4.98 Å². The van der Waals surface area contributed by atoms with Crippen LogP contribution in [0.5, 0.6) is 0 Å². The predicted octanol–water partition coefficient (Wildman–Crippen LogP) is 5.23. The molecule has 2 aliphatic heterocycles. The summed E-state index contributed by atoms with van der Waals surface area (Å²) < 4.78 is 0. The Bertz CT molecular complexity index is 1920. The van der Waals surface area contributed by atoms with Crippen LogP contribution in [0.1, 0.15) is 47.0 Å². The molecule has 5 aromatic rings. The van der Waals surface area contributed by atoms with E-state index in [2.05, 4.69) is 9.97 Å². The number of aromatic amines is 1. The number of carbonyl (C=O) groups is 4. The first kappa shape index (κ1) is 22.8. The van der Waals surface area contributed by atoms with Gasteiger partial charge in [-0.3, -0.25) is 24.1 Å². The first-order valence-electron chi connectivity index (χ1n) is 12.4. The third-order valence-corrected chi connectivity index (χ3v) is 7.36. The van der Waals surface area contributed by atoms with Crippen LogP contribution in [0.3, 0.4) is 0 Å². The Labute approximate surface area is 222 Å². The summed E-state index contributed by atoms with van der Waals surface area (Å²) in [5.74, 6) is -0.839. The van der Waals surface area contributed by atoms with E-state index in [0.29, 0.717) is 44.8 Å². The van der Waals surface area contributed by atoms with E-state index in [9.17, 15) is 19.2 Å². The van der Waals surface area contributed by atoms with Gasteiger partial charge in [0.1, 0.15) is 5.82 Å². The van der Waals surface area contributed by atoms with Crippen LogP contribution < -0.4 is 4.90 Å². The van der Waals surface area contributed by atoms with Gasteiger partial charge in [0.25, 0.3) is 23.6 Å². The third kappa shape index (κ3) is 3.35. The van der Waals surface area contributed by atoms with E-state index >= 15 is 0 Å². The molecule has 0 saturated carbocycles. The second kappa shape index (κ2) is 8.06. The topological polar surface area (TPSA) is 103 Å². The van der Waals surface area contributed by atoms with Crippen LogP contribution in [-0.4, -0.2) is 45.5 Å². The first-order chi connectivity index (χ1) is 18.8. The zero-order chi connectivity index (χ0) is 27.0. The molecule has 3 heterocycles. The molecule has 8 heteroatoms. The first-order valence-corrected chi connectivity index (χ1v) is 12.4. The van der Waals surface area contributed by atoms with E-state index in [1.807, 2.05) is 31.2 Å². The second-order valence-electron chi connectivity index (χ2n) is 9.79. The number of benzene rings is 4. The van der Waals surface area contributed by atoms with Crippen molar-refractivity contribution in [1.82, 2.24) is 14.9 Å². The molecule has 1 N–H and O–H groups in total. The van der Waals surface area contributed by atoms with E-state index in [4.69, 9.17) is 0 Å². The molecule has 188 valence electrons. The number of anilines is 1. The van der Waals surface area contributed by atoms with Gasteiger partial charge >= 0.3 is 0 Å². The number of imidazole rings is 1. The summed E-state index contributed by atoms with van der Waals surface area (Å²) in [6.45, 7) is 2.02. The molecule has 0 bridgehead atoms. The molecular weight excluding hydrogens is 492 g/mol. The summed E-state index contributed by atoms with van der Waals surface area (Å²) in [4.78, 5) is 61.7. The molecular formula is C31H20N4O4. The minimum atomic E-state index is -0.429.